The smallest absolute Gasteiger partial charge is 0.339 e. The maximum absolute atomic E-state index is 12.4. The van der Waals surface area contributed by atoms with Crippen molar-refractivity contribution in [2.75, 3.05) is 13.2 Å². The Balaban J connectivity index is 2.04. The third-order valence-electron chi connectivity index (χ3n) is 2.69. The van der Waals surface area contributed by atoms with Gasteiger partial charge in [-0.25, -0.2) is 0 Å². The lowest BCUT2D eigenvalue weighted by Crippen LogP contribution is -1.99. The predicted octanol–water partition coefficient (Wildman–Crippen LogP) is 3.43. The first-order valence-corrected chi connectivity index (χ1v) is 8.61. The van der Waals surface area contributed by atoms with E-state index in [0.29, 0.717) is 25.5 Å². The second kappa shape index (κ2) is 7.50. The second-order valence-corrected chi connectivity index (χ2v) is 6.41. The normalized spacial score (nSPS) is 11.7. The van der Waals surface area contributed by atoms with Gasteiger partial charge in [0.05, 0.1) is 19.6 Å². The molecule has 0 aliphatic rings. The third-order valence-corrected chi connectivity index (χ3v) is 4.65. The molecule has 2 aromatic rings. The molecule has 1 aromatic carbocycles. The van der Waals surface area contributed by atoms with Crippen molar-refractivity contribution in [3.63, 3.8) is 0 Å². The second-order valence-electron chi connectivity index (χ2n) is 4.36. The monoisotopic (exact) mass is 310 g/mol. The Hall–Kier alpha value is -1.49. The van der Waals surface area contributed by atoms with Crippen molar-refractivity contribution < 1.29 is 18.0 Å². The van der Waals surface area contributed by atoms with E-state index in [1.165, 1.54) is 0 Å². The molecule has 0 aliphatic heterocycles. The van der Waals surface area contributed by atoms with Crippen LogP contribution in [0, 0.1) is 0 Å². The Morgan fingerprint density at radius 1 is 1.05 bits per heavy atom. The predicted molar refractivity (Wildman–Crippen MR) is 78.1 cm³/mol. The van der Waals surface area contributed by atoms with Gasteiger partial charge in [0.2, 0.25) is 11.8 Å². The summed E-state index contributed by atoms with van der Waals surface area (Å²) in [6, 6.07) is 9.81. The highest BCUT2D eigenvalue weighted by Gasteiger charge is 2.27. The van der Waals surface area contributed by atoms with E-state index in [4.69, 9.17) is 13.5 Å². The summed E-state index contributed by atoms with van der Waals surface area (Å²) in [4.78, 5) is 0. The van der Waals surface area contributed by atoms with Crippen molar-refractivity contribution in [3.8, 4) is 0 Å². The van der Waals surface area contributed by atoms with Crippen LogP contribution in [0.2, 0.25) is 0 Å². The molecule has 0 fully saturated rings. The standard InChI is InChI=1S/C14H19N2O4P/c1-3-18-21(17,19-4-2)11-14-16-15-13(20-14)10-12-8-6-5-7-9-12/h5-9H,3-4,10-11H2,1-2H3. The van der Waals surface area contributed by atoms with Gasteiger partial charge in [-0.2, -0.15) is 0 Å². The minimum atomic E-state index is -3.21. The Morgan fingerprint density at radius 3 is 2.29 bits per heavy atom. The first-order chi connectivity index (χ1) is 10.1. The molecule has 21 heavy (non-hydrogen) atoms. The highest BCUT2D eigenvalue weighted by Crippen LogP contribution is 2.50. The molecule has 0 saturated carbocycles. The zero-order chi connectivity index (χ0) is 15.1. The van der Waals surface area contributed by atoms with Crippen molar-refractivity contribution in [2.24, 2.45) is 0 Å². The molecule has 1 heterocycles. The molecular weight excluding hydrogens is 291 g/mol. The van der Waals surface area contributed by atoms with E-state index in [0.717, 1.165) is 5.56 Å². The molecule has 0 atom stereocenters. The molecule has 0 aliphatic carbocycles. The minimum absolute atomic E-state index is 0.00350. The van der Waals surface area contributed by atoms with Gasteiger partial charge in [0.15, 0.2) is 0 Å². The maximum atomic E-state index is 12.4. The molecule has 0 spiro atoms. The van der Waals surface area contributed by atoms with E-state index in [1.54, 1.807) is 13.8 Å². The lowest BCUT2D eigenvalue weighted by molar-refractivity contribution is 0.216. The summed E-state index contributed by atoms with van der Waals surface area (Å²) in [6.45, 7) is 4.14. The minimum Gasteiger partial charge on any atom is -0.424 e. The van der Waals surface area contributed by atoms with Crippen LogP contribution in [0.15, 0.2) is 34.7 Å². The van der Waals surface area contributed by atoms with Crippen molar-refractivity contribution >= 4 is 7.60 Å². The van der Waals surface area contributed by atoms with Gasteiger partial charge in [0, 0.05) is 0 Å². The first kappa shape index (κ1) is 15.9. The van der Waals surface area contributed by atoms with E-state index in [-0.39, 0.29) is 12.1 Å². The van der Waals surface area contributed by atoms with Crippen LogP contribution in [0.25, 0.3) is 0 Å². The number of aromatic nitrogens is 2. The molecule has 0 N–H and O–H groups in total. The van der Waals surface area contributed by atoms with Gasteiger partial charge in [-0.15, -0.1) is 10.2 Å². The van der Waals surface area contributed by atoms with Crippen molar-refractivity contribution in [3.05, 3.63) is 47.7 Å². The summed E-state index contributed by atoms with van der Waals surface area (Å²) in [6.07, 6.45) is 0.540. The highest BCUT2D eigenvalue weighted by atomic mass is 31.2. The van der Waals surface area contributed by atoms with Crippen LogP contribution in [0.3, 0.4) is 0 Å². The fourth-order valence-electron chi connectivity index (χ4n) is 1.88. The Bertz CT molecular complexity index is 590. The van der Waals surface area contributed by atoms with Crippen LogP contribution < -0.4 is 0 Å². The van der Waals surface area contributed by atoms with Crippen LogP contribution in [0.4, 0.5) is 0 Å². The molecule has 0 saturated heterocycles. The van der Waals surface area contributed by atoms with Gasteiger partial charge in [-0.05, 0) is 19.4 Å². The number of benzene rings is 1. The maximum Gasteiger partial charge on any atom is 0.339 e. The summed E-state index contributed by atoms with van der Waals surface area (Å²) in [7, 11) is -3.21. The topological polar surface area (TPSA) is 74.5 Å². The van der Waals surface area contributed by atoms with E-state index in [2.05, 4.69) is 10.2 Å². The molecular formula is C14H19N2O4P. The van der Waals surface area contributed by atoms with Crippen LogP contribution in [-0.2, 0) is 26.2 Å². The fraction of sp³-hybridized carbons (Fsp3) is 0.429. The molecule has 0 unspecified atom stereocenters. The summed E-state index contributed by atoms with van der Waals surface area (Å²) in [5.41, 5.74) is 1.07. The van der Waals surface area contributed by atoms with Crippen LogP contribution in [-0.4, -0.2) is 23.4 Å². The van der Waals surface area contributed by atoms with Gasteiger partial charge in [-0.3, -0.25) is 4.57 Å². The van der Waals surface area contributed by atoms with E-state index >= 15 is 0 Å². The van der Waals surface area contributed by atoms with Crippen LogP contribution >= 0.6 is 7.60 Å². The Kier molecular flexibility index (Phi) is 5.67. The van der Waals surface area contributed by atoms with Gasteiger partial charge in [0.1, 0.15) is 6.16 Å². The molecule has 0 amide bonds. The average molecular weight is 310 g/mol. The molecule has 0 bridgehead atoms. The average Bonchev–Trinajstić information content (AvgIpc) is 2.87. The van der Waals surface area contributed by atoms with Gasteiger partial charge < -0.3 is 13.5 Å². The molecule has 0 radical (unpaired) electrons. The van der Waals surface area contributed by atoms with Crippen molar-refractivity contribution in [1.82, 2.24) is 10.2 Å². The number of hydrogen-bond acceptors (Lipinski definition) is 6. The van der Waals surface area contributed by atoms with E-state index in [9.17, 15) is 4.57 Å². The lowest BCUT2D eigenvalue weighted by Gasteiger charge is -2.14. The summed E-state index contributed by atoms with van der Waals surface area (Å²) >= 11 is 0. The Labute approximate surface area is 124 Å². The van der Waals surface area contributed by atoms with Crippen molar-refractivity contribution in [2.45, 2.75) is 26.4 Å². The zero-order valence-electron chi connectivity index (χ0n) is 12.2. The van der Waals surface area contributed by atoms with Crippen LogP contribution in [0.1, 0.15) is 31.2 Å². The summed E-state index contributed by atoms with van der Waals surface area (Å²) < 4.78 is 28.3. The van der Waals surface area contributed by atoms with Crippen molar-refractivity contribution in [1.29, 1.82) is 0 Å². The molecule has 7 heteroatoms. The first-order valence-electron chi connectivity index (χ1n) is 6.88. The third kappa shape index (κ3) is 4.77. The quantitative estimate of drug-likeness (QED) is 0.695. The van der Waals surface area contributed by atoms with Gasteiger partial charge >= 0.3 is 7.60 Å². The molecule has 1 aromatic heterocycles. The van der Waals surface area contributed by atoms with Gasteiger partial charge in [0.25, 0.3) is 0 Å². The number of hydrogen-bond donors (Lipinski definition) is 0. The number of nitrogens with zero attached hydrogens (tertiary/aromatic N) is 2. The number of rotatable bonds is 8. The van der Waals surface area contributed by atoms with E-state index < -0.39 is 7.60 Å². The van der Waals surface area contributed by atoms with E-state index in [1.807, 2.05) is 30.3 Å². The Morgan fingerprint density at radius 2 is 1.67 bits per heavy atom. The lowest BCUT2D eigenvalue weighted by atomic mass is 10.2. The zero-order valence-corrected chi connectivity index (χ0v) is 13.1. The van der Waals surface area contributed by atoms with Crippen LogP contribution in [0.5, 0.6) is 0 Å². The molecule has 6 nitrogen and oxygen atoms in total. The SMILES string of the molecule is CCOP(=O)(Cc1nnc(Cc2ccccc2)o1)OCC. The molecule has 114 valence electrons. The van der Waals surface area contributed by atoms with Gasteiger partial charge in [-0.1, -0.05) is 30.3 Å². The fourth-order valence-corrected chi connectivity index (χ4v) is 3.38. The largest absolute Gasteiger partial charge is 0.424 e. The summed E-state index contributed by atoms with van der Waals surface area (Å²) in [5.74, 6) is 0.752. The summed E-state index contributed by atoms with van der Waals surface area (Å²) in [5, 5.41) is 7.88. The highest BCUT2D eigenvalue weighted by molar-refractivity contribution is 7.52. The molecule has 2 rings (SSSR count).